The maximum atomic E-state index is 2.45. The normalized spacial score (nSPS) is 14.9. The van der Waals surface area contributed by atoms with Gasteiger partial charge in [-0.3, -0.25) is 0 Å². The van der Waals surface area contributed by atoms with Gasteiger partial charge < -0.3 is 0 Å². The largest absolute Gasteiger partial charge is 0.0725 e. The van der Waals surface area contributed by atoms with Crippen molar-refractivity contribution in [3.63, 3.8) is 0 Å². The molecule has 53 heavy (non-hydrogen) atoms. The first-order valence-electron chi connectivity index (χ1n) is 18.5. The van der Waals surface area contributed by atoms with Crippen LogP contribution in [0.5, 0.6) is 0 Å². The van der Waals surface area contributed by atoms with Crippen molar-refractivity contribution in [3.8, 4) is 44.5 Å². The summed E-state index contributed by atoms with van der Waals surface area (Å²) in [7, 11) is 0. The van der Waals surface area contributed by atoms with Crippen molar-refractivity contribution in [2.75, 3.05) is 0 Å². The summed E-state index contributed by atoms with van der Waals surface area (Å²) in [6.07, 6.45) is 0. The van der Waals surface area contributed by atoms with Crippen LogP contribution < -0.4 is 0 Å². The molecule has 0 amide bonds. The van der Waals surface area contributed by atoms with Crippen LogP contribution in [0.15, 0.2) is 206 Å². The lowest BCUT2D eigenvalue weighted by Crippen LogP contribution is -2.31. The average Bonchev–Trinajstić information content (AvgIpc) is 3.51. The Balaban J connectivity index is 1.20. The van der Waals surface area contributed by atoms with Crippen molar-refractivity contribution in [2.45, 2.75) is 5.41 Å². The molecule has 0 saturated carbocycles. The van der Waals surface area contributed by atoms with Gasteiger partial charge in [-0.05, 0) is 117 Å². The molecule has 0 heteroatoms. The lowest BCUT2D eigenvalue weighted by atomic mass is 9.61. The van der Waals surface area contributed by atoms with Gasteiger partial charge in [-0.25, -0.2) is 0 Å². The highest BCUT2D eigenvalue weighted by molar-refractivity contribution is 6.14. The first-order chi connectivity index (χ1) is 26.3. The lowest BCUT2D eigenvalue weighted by Gasteiger charge is -2.40. The quantitative estimate of drug-likeness (QED) is 0.172. The Hall–Kier alpha value is -6.76. The van der Waals surface area contributed by atoms with Crippen LogP contribution in [0.25, 0.3) is 76.8 Å². The smallest absolute Gasteiger partial charge is 0.0622 e. The molecule has 0 radical (unpaired) electrons. The third kappa shape index (κ3) is 4.30. The summed E-state index contributed by atoms with van der Waals surface area (Å²) in [6, 6.07) is 76.5. The summed E-state index contributed by atoms with van der Waals surface area (Å²) >= 11 is 0. The van der Waals surface area contributed by atoms with Crippen molar-refractivity contribution in [2.24, 2.45) is 0 Å². The highest BCUT2D eigenvalue weighted by Gasteiger charge is 2.49. The molecule has 2 aliphatic rings. The highest BCUT2D eigenvalue weighted by Crippen LogP contribution is 2.62. The second-order valence-electron chi connectivity index (χ2n) is 14.4. The van der Waals surface area contributed by atoms with E-state index in [0.717, 1.165) is 0 Å². The minimum Gasteiger partial charge on any atom is -0.0622 e. The molecule has 0 N–H and O–H groups in total. The monoisotopic (exact) mass is 670 g/mol. The van der Waals surface area contributed by atoms with Gasteiger partial charge in [-0.2, -0.15) is 0 Å². The molecule has 11 rings (SSSR count). The Morgan fingerprint density at radius 1 is 0.245 bits per heavy atom. The average molecular weight is 671 g/mol. The molecule has 246 valence electrons. The van der Waals surface area contributed by atoms with Crippen LogP contribution in [0, 0.1) is 0 Å². The lowest BCUT2D eigenvalue weighted by molar-refractivity contribution is 0.773. The third-order valence-electron chi connectivity index (χ3n) is 11.7. The van der Waals surface area contributed by atoms with Crippen molar-refractivity contribution < 1.29 is 0 Å². The van der Waals surface area contributed by atoms with Crippen molar-refractivity contribution >= 4 is 32.3 Å². The molecular weight excluding hydrogens is 637 g/mol. The zero-order valence-corrected chi connectivity index (χ0v) is 29.1. The molecule has 0 aromatic heterocycles. The fourth-order valence-corrected chi connectivity index (χ4v) is 9.52. The van der Waals surface area contributed by atoms with Crippen LogP contribution in [0.4, 0.5) is 0 Å². The molecule has 0 heterocycles. The summed E-state index contributed by atoms with van der Waals surface area (Å²) in [5.74, 6) is 0. The Bertz CT molecular complexity index is 3000. The molecule has 0 bridgehead atoms. The van der Waals surface area contributed by atoms with Gasteiger partial charge in [0.15, 0.2) is 0 Å². The molecular formula is C53H34. The predicted octanol–water partition coefficient (Wildman–Crippen LogP) is 13.9. The van der Waals surface area contributed by atoms with E-state index in [1.54, 1.807) is 0 Å². The van der Waals surface area contributed by atoms with Gasteiger partial charge >= 0.3 is 0 Å². The van der Waals surface area contributed by atoms with Gasteiger partial charge in [0.25, 0.3) is 0 Å². The maximum absolute atomic E-state index is 2.45. The minimum atomic E-state index is -0.417. The van der Waals surface area contributed by atoms with Crippen molar-refractivity contribution in [3.05, 3.63) is 229 Å². The van der Waals surface area contributed by atoms with Crippen LogP contribution in [0.1, 0.15) is 22.3 Å². The zero-order chi connectivity index (χ0) is 34.9. The number of hydrogen-bond donors (Lipinski definition) is 0. The first kappa shape index (κ1) is 29.9. The summed E-state index contributed by atoms with van der Waals surface area (Å²) in [5.41, 5.74) is 15.1. The van der Waals surface area contributed by atoms with E-state index in [0.29, 0.717) is 0 Å². The molecule has 9 aromatic rings. The standard InChI is InChI=1S/C53H34/c1-2-5-19-39-34-45(35-16-6-3-7-17-35)40-22-8-9-23-41(40)46(39)32-37(18-4-1)38-30-31-50-47(33-38)43-25-11-13-28-49(43)53(50)48-27-12-10-24-42(48)44-26-14-20-36-21-15-29-51(53)52(36)44/h1-34H. The second-order valence-corrected chi connectivity index (χ2v) is 14.4. The van der Waals surface area contributed by atoms with Gasteiger partial charge in [-0.1, -0.05) is 188 Å². The zero-order valence-electron chi connectivity index (χ0n) is 29.1. The molecule has 0 aliphatic heterocycles. The SMILES string of the molecule is c1cccc2cc(-c3ccccc3)c3ccccc3c2cc(-c2ccc3c(c2)-c2ccccc2C32c3ccccc3-c3cccc4cccc2c34)cc1. The van der Waals surface area contributed by atoms with E-state index in [4.69, 9.17) is 0 Å². The van der Waals surface area contributed by atoms with Crippen LogP contribution in [-0.4, -0.2) is 0 Å². The van der Waals surface area contributed by atoms with E-state index in [-0.39, 0.29) is 0 Å². The Labute approximate surface area is 309 Å². The van der Waals surface area contributed by atoms with Gasteiger partial charge in [0.1, 0.15) is 0 Å². The summed E-state index contributed by atoms with van der Waals surface area (Å²) in [6.45, 7) is 0. The Kier molecular flexibility index (Phi) is 6.57. The fraction of sp³-hybridized carbons (Fsp3) is 0.0189. The van der Waals surface area contributed by atoms with E-state index >= 15 is 0 Å². The third-order valence-corrected chi connectivity index (χ3v) is 11.7. The van der Waals surface area contributed by atoms with Gasteiger partial charge in [0.2, 0.25) is 0 Å². The van der Waals surface area contributed by atoms with E-state index in [9.17, 15) is 0 Å². The fourth-order valence-electron chi connectivity index (χ4n) is 9.52. The van der Waals surface area contributed by atoms with E-state index in [1.165, 1.54) is 99.1 Å². The van der Waals surface area contributed by atoms with Gasteiger partial charge in [0, 0.05) is 0 Å². The molecule has 1 atom stereocenters. The van der Waals surface area contributed by atoms with Crippen LogP contribution in [0.2, 0.25) is 0 Å². The van der Waals surface area contributed by atoms with Crippen molar-refractivity contribution in [1.29, 1.82) is 0 Å². The summed E-state index contributed by atoms with van der Waals surface area (Å²) in [5, 5.41) is 7.59. The number of benzene rings is 8. The van der Waals surface area contributed by atoms with Gasteiger partial charge in [0.05, 0.1) is 5.41 Å². The predicted molar refractivity (Wildman–Crippen MR) is 224 cm³/mol. The summed E-state index contributed by atoms with van der Waals surface area (Å²) in [4.78, 5) is 0. The van der Waals surface area contributed by atoms with E-state index in [1.807, 2.05) is 0 Å². The first-order valence-corrected chi connectivity index (χ1v) is 18.5. The highest BCUT2D eigenvalue weighted by atomic mass is 14.5. The van der Waals surface area contributed by atoms with Crippen molar-refractivity contribution in [1.82, 2.24) is 0 Å². The molecule has 1 unspecified atom stereocenters. The molecule has 2 aliphatic carbocycles. The van der Waals surface area contributed by atoms with Crippen LogP contribution in [-0.2, 0) is 5.41 Å². The van der Waals surface area contributed by atoms with Gasteiger partial charge in [-0.15, -0.1) is 0 Å². The van der Waals surface area contributed by atoms with E-state index < -0.39 is 5.41 Å². The molecule has 9 aromatic carbocycles. The molecule has 0 fully saturated rings. The second kappa shape index (κ2) is 11.6. The number of hydrogen-bond acceptors (Lipinski definition) is 0. The van der Waals surface area contributed by atoms with Crippen LogP contribution >= 0.6 is 0 Å². The summed E-state index contributed by atoms with van der Waals surface area (Å²) < 4.78 is 0. The van der Waals surface area contributed by atoms with E-state index in [2.05, 4.69) is 206 Å². The Morgan fingerprint density at radius 2 is 0.774 bits per heavy atom. The number of rotatable bonds is 2. The van der Waals surface area contributed by atoms with Crippen LogP contribution in [0.3, 0.4) is 0 Å². The Morgan fingerprint density at radius 3 is 1.57 bits per heavy atom. The molecule has 0 saturated heterocycles. The minimum absolute atomic E-state index is 0.417. The molecule has 0 nitrogen and oxygen atoms in total. The maximum Gasteiger partial charge on any atom is 0.0725 e. The molecule has 1 spiro atoms. The number of fused-ring (bicyclic) bond motifs is 12. The topological polar surface area (TPSA) is 0 Å².